The van der Waals surface area contributed by atoms with Crippen LogP contribution in [-0.2, 0) is 23.8 Å². The number of rotatable bonds is 6. The Kier molecular flexibility index (Phi) is 8.09. The molecule has 0 aliphatic rings. The van der Waals surface area contributed by atoms with Crippen molar-refractivity contribution < 1.29 is 28.6 Å². The van der Waals surface area contributed by atoms with Crippen molar-refractivity contribution in [3.05, 3.63) is 12.2 Å². The Hall–Kier alpha value is -2.05. The van der Waals surface area contributed by atoms with Gasteiger partial charge in [0.05, 0.1) is 20.3 Å². The van der Waals surface area contributed by atoms with Gasteiger partial charge in [-0.25, -0.2) is 14.4 Å². The number of carbonyl (C=O) groups is 3. The van der Waals surface area contributed by atoms with Crippen LogP contribution in [0.4, 0.5) is 4.79 Å². The highest BCUT2D eigenvalue weighted by molar-refractivity contribution is 5.91. The van der Waals surface area contributed by atoms with Crippen LogP contribution in [0.1, 0.15) is 6.92 Å². The molecule has 1 N–H and O–H groups in total. The normalized spacial score (nSPS) is 9.76. The molecule has 0 spiro atoms. The SMILES string of the molecule is CCOC(=O)NCCOC(=O)/C=C/C(=O)OC. The second kappa shape index (κ2) is 9.20. The van der Waals surface area contributed by atoms with Gasteiger partial charge in [-0.2, -0.15) is 0 Å². The minimum atomic E-state index is -0.693. The molecule has 0 atom stereocenters. The summed E-state index contributed by atoms with van der Waals surface area (Å²) >= 11 is 0. The van der Waals surface area contributed by atoms with E-state index in [4.69, 9.17) is 0 Å². The van der Waals surface area contributed by atoms with Crippen molar-refractivity contribution in [1.82, 2.24) is 5.32 Å². The predicted octanol–water partition coefficient (Wildman–Crippen LogP) is 0.00490. The van der Waals surface area contributed by atoms with E-state index in [2.05, 4.69) is 19.5 Å². The smallest absolute Gasteiger partial charge is 0.407 e. The van der Waals surface area contributed by atoms with Gasteiger partial charge in [0.25, 0.3) is 0 Å². The van der Waals surface area contributed by atoms with Crippen LogP contribution in [-0.4, -0.2) is 44.9 Å². The Morgan fingerprint density at radius 1 is 1.12 bits per heavy atom. The molecule has 7 heteroatoms. The molecule has 0 radical (unpaired) electrons. The van der Waals surface area contributed by atoms with Crippen molar-refractivity contribution >= 4 is 18.0 Å². The van der Waals surface area contributed by atoms with Crippen molar-refractivity contribution in [1.29, 1.82) is 0 Å². The Bertz CT molecular complexity index is 299. The van der Waals surface area contributed by atoms with E-state index in [9.17, 15) is 14.4 Å². The molecule has 0 fully saturated rings. The number of hydrogen-bond acceptors (Lipinski definition) is 6. The Balaban J connectivity index is 3.61. The minimum absolute atomic E-state index is 0.0108. The lowest BCUT2D eigenvalue weighted by atomic mass is 10.5. The number of hydrogen-bond donors (Lipinski definition) is 1. The summed E-state index contributed by atoms with van der Waals surface area (Å²) in [4.78, 5) is 32.4. The van der Waals surface area contributed by atoms with Crippen molar-refractivity contribution in [2.24, 2.45) is 0 Å². The van der Waals surface area contributed by atoms with E-state index in [0.29, 0.717) is 0 Å². The molecule has 1 amide bonds. The topological polar surface area (TPSA) is 90.9 Å². The van der Waals surface area contributed by atoms with Gasteiger partial charge < -0.3 is 19.5 Å². The first-order chi connectivity index (χ1) is 8.10. The number of nitrogens with one attached hydrogen (secondary N) is 1. The first-order valence-corrected chi connectivity index (χ1v) is 4.93. The van der Waals surface area contributed by atoms with Crippen LogP contribution in [0.5, 0.6) is 0 Å². The van der Waals surface area contributed by atoms with Gasteiger partial charge in [-0.1, -0.05) is 0 Å². The van der Waals surface area contributed by atoms with Crippen molar-refractivity contribution in [3.63, 3.8) is 0 Å². The first-order valence-electron chi connectivity index (χ1n) is 4.93. The van der Waals surface area contributed by atoms with Gasteiger partial charge in [0, 0.05) is 12.2 Å². The van der Waals surface area contributed by atoms with Crippen LogP contribution in [0.25, 0.3) is 0 Å². The highest BCUT2D eigenvalue weighted by Gasteiger charge is 2.01. The Morgan fingerprint density at radius 3 is 2.35 bits per heavy atom. The summed E-state index contributed by atoms with van der Waals surface area (Å²) in [6.45, 7) is 2.07. The molecule has 0 saturated heterocycles. The maximum atomic E-state index is 11.0. The highest BCUT2D eigenvalue weighted by atomic mass is 16.6. The van der Waals surface area contributed by atoms with Gasteiger partial charge in [0.2, 0.25) is 0 Å². The summed E-state index contributed by atoms with van der Waals surface area (Å²) in [7, 11) is 1.20. The van der Waals surface area contributed by atoms with Crippen LogP contribution in [0.2, 0.25) is 0 Å². The highest BCUT2D eigenvalue weighted by Crippen LogP contribution is 1.84. The lowest BCUT2D eigenvalue weighted by Crippen LogP contribution is -2.28. The number of methoxy groups -OCH3 is 1. The summed E-state index contributed by atoms with van der Waals surface area (Å²) < 4.78 is 13.5. The third kappa shape index (κ3) is 8.91. The summed E-state index contributed by atoms with van der Waals surface area (Å²) in [5.74, 6) is -1.34. The van der Waals surface area contributed by atoms with E-state index in [1.165, 1.54) is 7.11 Å². The van der Waals surface area contributed by atoms with E-state index in [1.54, 1.807) is 6.92 Å². The molecule has 0 unspecified atom stereocenters. The average Bonchev–Trinajstić information content (AvgIpc) is 2.32. The minimum Gasteiger partial charge on any atom is -0.466 e. The molecule has 0 aromatic rings. The lowest BCUT2D eigenvalue weighted by Gasteiger charge is -2.04. The molecule has 17 heavy (non-hydrogen) atoms. The number of amides is 1. The first kappa shape index (κ1) is 14.9. The summed E-state index contributed by atoms with van der Waals surface area (Å²) in [6.07, 6.45) is 1.31. The van der Waals surface area contributed by atoms with E-state index in [1.807, 2.05) is 0 Å². The van der Waals surface area contributed by atoms with Gasteiger partial charge in [-0.3, -0.25) is 0 Å². The van der Waals surface area contributed by atoms with Crippen molar-refractivity contribution in [3.8, 4) is 0 Å². The fourth-order valence-electron chi connectivity index (χ4n) is 0.739. The van der Waals surface area contributed by atoms with Crippen molar-refractivity contribution in [2.45, 2.75) is 6.92 Å². The van der Waals surface area contributed by atoms with Gasteiger partial charge in [-0.15, -0.1) is 0 Å². The summed E-state index contributed by atoms with van der Waals surface area (Å²) in [6, 6.07) is 0. The summed E-state index contributed by atoms with van der Waals surface area (Å²) in [5, 5.41) is 2.36. The second-order valence-corrected chi connectivity index (χ2v) is 2.67. The molecule has 0 heterocycles. The van der Waals surface area contributed by atoms with Crippen LogP contribution in [0, 0.1) is 0 Å². The average molecular weight is 245 g/mol. The standard InChI is InChI=1S/C10H15NO6/c1-3-16-10(14)11-6-7-17-9(13)5-4-8(12)15-2/h4-5H,3,6-7H2,1-2H3,(H,11,14)/b5-4+. The number of ether oxygens (including phenoxy) is 3. The van der Waals surface area contributed by atoms with Gasteiger partial charge in [0.15, 0.2) is 0 Å². The molecular formula is C10H15NO6. The maximum absolute atomic E-state index is 11.0. The zero-order chi connectivity index (χ0) is 13.1. The fraction of sp³-hybridized carbons (Fsp3) is 0.500. The van der Waals surface area contributed by atoms with E-state index >= 15 is 0 Å². The second-order valence-electron chi connectivity index (χ2n) is 2.67. The Labute approximate surface area is 98.7 Å². The quantitative estimate of drug-likeness (QED) is 0.306. The molecular weight excluding hydrogens is 230 g/mol. The van der Waals surface area contributed by atoms with Crippen LogP contribution in [0.3, 0.4) is 0 Å². The van der Waals surface area contributed by atoms with E-state index in [-0.39, 0.29) is 19.8 Å². The van der Waals surface area contributed by atoms with E-state index in [0.717, 1.165) is 12.2 Å². The maximum Gasteiger partial charge on any atom is 0.407 e. The number of alkyl carbamates (subject to hydrolysis) is 1. The molecule has 0 aromatic heterocycles. The third-order valence-electron chi connectivity index (χ3n) is 1.45. The molecule has 0 bridgehead atoms. The molecule has 0 aromatic carbocycles. The monoisotopic (exact) mass is 245 g/mol. The molecule has 7 nitrogen and oxygen atoms in total. The number of esters is 2. The Morgan fingerprint density at radius 2 is 1.76 bits per heavy atom. The lowest BCUT2D eigenvalue weighted by molar-refractivity contribution is -0.139. The van der Waals surface area contributed by atoms with Crippen molar-refractivity contribution in [2.75, 3.05) is 26.9 Å². The van der Waals surface area contributed by atoms with Crippen LogP contribution < -0.4 is 5.32 Å². The molecule has 0 aliphatic heterocycles. The van der Waals surface area contributed by atoms with E-state index < -0.39 is 18.0 Å². The summed E-state index contributed by atoms with van der Waals surface area (Å²) in [5.41, 5.74) is 0. The van der Waals surface area contributed by atoms with Gasteiger partial charge in [-0.05, 0) is 6.92 Å². The van der Waals surface area contributed by atoms with Gasteiger partial charge in [0.1, 0.15) is 6.61 Å². The van der Waals surface area contributed by atoms with Crippen LogP contribution in [0.15, 0.2) is 12.2 Å². The molecule has 0 aliphatic carbocycles. The van der Waals surface area contributed by atoms with Crippen LogP contribution >= 0.6 is 0 Å². The number of carbonyl (C=O) groups excluding carboxylic acids is 3. The fourth-order valence-corrected chi connectivity index (χ4v) is 0.739. The zero-order valence-corrected chi connectivity index (χ0v) is 9.73. The molecule has 0 rings (SSSR count). The largest absolute Gasteiger partial charge is 0.466 e. The predicted molar refractivity (Wildman–Crippen MR) is 57.1 cm³/mol. The third-order valence-corrected chi connectivity index (χ3v) is 1.45. The zero-order valence-electron chi connectivity index (χ0n) is 9.73. The van der Waals surface area contributed by atoms with Gasteiger partial charge >= 0.3 is 18.0 Å². The molecule has 0 saturated carbocycles. The molecule has 96 valence electrons.